The van der Waals surface area contributed by atoms with Gasteiger partial charge in [-0.25, -0.2) is 4.79 Å². The van der Waals surface area contributed by atoms with E-state index >= 15 is 0 Å². The van der Waals surface area contributed by atoms with Crippen LogP contribution in [0.3, 0.4) is 0 Å². The summed E-state index contributed by atoms with van der Waals surface area (Å²) in [5.41, 5.74) is 1.30. The maximum atomic E-state index is 12.2. The molecule has 1 aromatic rings. The molecule has 2 rings (SSSR count). The van der Waals surface area contributed by atoms with Crippen molar-refractivity contribution in [2.45, 2.75) is 39.3 Å². The molecule has 1 aliphatic rings. The Labute approximate surface area is 150 Å². The Morgan fingerprint density at radius 2 is 1.64 bits per heavy atom. The molecule has 1 unspecified atom stereocenters. The van der Waals surface area contributed by atoms with Gasteiger partial charge >= 0.3 is 6.09 Å². The van der Waals surface area contributed by atoms with E-state index in [2.05, 4.69) is 10.2 Å². The van der Waals surface area contributed by atoms with Gasteiger partial charge in [-0.1, -0.05) is 0 Å². The molecule has 1 aromatic carbocycles. The minimum atomic E-state index is -0.471. The molecular formula is C19H29N3O3. The SMILES string of the molecule is CNC(C)C(=O)c1ccc(N2CCN(C(=O)OC(C)(C)C)CC2)cc1. The van der Waals surface area contributed by atoms with E-state index in [1.807, 2.05) is 52.0 Å². The third kappa shape index (κ3) is 5.19. The van der Waals surface area contributed by atoms with E-state index in [0.717, 1.165) is 18.8 Å². The van der Waals surface area contributed by atoms with Gasteiger partial charge < -0.3 is 19.9 Å². The van der Waals surface area contributed by atoms with Gasteiger partial charge in [0, 0.05) is 37.4 Å². The Kier molecular flexibility index (Phi) is 6.06. The van der Waals surface area contributed by atoms with Crippen LogP contribution < -0.4 is 10.2 Å². The summed E-state index contributed by atoms with van der Waals surface area (Å²) in [5, 5.41) is 2.96. The summed E-state index contributed by atoms with van der Waals surface area (Å²) < 4.78 is 5.42. The van der Waals surface area contributed by atoms with Crippen molar-refractivity contribution in [2.24, 2.45) is 0 Å². The second-order valence-electron chi connectivity index (χ2n) is 7.38. The first-order chi connectivity index (χ1) is 11.7. The zero-order chi connectivity index (χ0) is 18.6. The van der Waals surface area contributed by atoms with Crippen molar-refractivity contribution in [3.05, 3.63) is 29.8 Å². The molecule has 1 fully saturated rings. The number of carbonyl (C=O) groups is 2. The molecule has 1 atom stereocenters. The van der Waals surface area contributed by atoms with Gasteiger partial charge in [0.25, 0.3) is 0 Å². The zero-order valence-electron chi connectivity index (χ0n) is 15.8. The number of likely N-dealkylation sites (N-methyl/N-ethyl adjacent to an activating group) is 1. The highest BCUT2D eigenvalue weighted by atomic mass is 16.6. The molecule has 0 saturated carbocycles. The second kappa shape index (κ2) is 7.87. The van der Waals surface area contributed by atoms with Crippen LogP contribution in [0.4, 0.5) is 10.5 Å². The van der Waals surface area contributed by atoms with Crippen LogP contribution in [0, 0.1) is 0 Å². The van der Waals surface area contributed by atoms with Crippen LogP contribution >= 0.6 is 0 Å². The number of nitrogens with zero attached hydrogens (tertiary/aromatic N) is 2. The minimum Gasteiger partial charge on any atom is -0.444 e. The molecule has 6 nitrogen and oxygen atoms in total. The molecule has 1 aliphatic heterocycles. The lowest BCUT2D eigenvalue weighted by atomic mass is 10.0. The Balaban J connectivity index is 1.92. The molecule has 0 bridgehead atoms. The zero-order valence-corrected chi connectivity index (χ0v) is 15.8. The van der Waals surface area contributed by atoms with Gasteiger partial charge in [0.1, 0.15) is 5.60 Å². The van der Waals surface area contributed by atoms with E-state index in [0.29, 0.717) is 18.7 Å². The number of nitrogens with one attached hydrogen (secondary N) is 1. The third-order valence-electron chi connectivity index (χ3n) is 4.27. The van der Waals surface area contributed by atoms with Crippen LogP contribution in [0.15, 0.2) is 24.3 Å². The molecule has 1 heterocycles. The molecule has 0 aliphatic carbocycles. The van der Waals surface area contributed by atoms with Crippen molar-refractivity contribution in [1.29, 1.82) is 0 Å². The highest BCUT2D eigenvalue weighted by Crippen LogP contribution is 2.19. The fourth-order valence-corrected chi connectivity index (χ4v) is 2.69. The van der Waals surface area contributed by atoms with E-state index in [4.69, 9.17) is 4.74 Å². The average Bonchev–Trinajstić information content (AvgIpc) is 2.59. The molecule has 6 heteroatoms. The third-order valence-corrected chi connectivity index (χ3v) is 4.27. The molecule has 138 valence electrons. The summed E-state index contributed by atoms with van der Waals surface area (Å²) >= 11 is 0. The number of carbonyl (C=O) groups excluding carboxylic acids is 2. The van der Waals surface area contributed by atoms with Crippen LogP contribution in [-0.2, 0) is 4.74 Å². The molecule has 25 heavy (non-hydrogen) atoms. The Morgan fingerprint density at radius 3 is 2.12 bits per heavy atom. The van der Waals surface area contributed by atoms with Crippen molar-refractivity contribution in [3.63, 3.8) is 0 Å². The van der Waals surface area contributed by atoms with Crippen molar-refractivity contribution >= 4 is 17.6 Å². The maximum Gasteiger partial charge on any atom is 0.410 e. The fourth-order valence-electron chi connectivity index (χ4n) is 2.69. The molecule has 1 N–H and O–H groups in total. The van der Waals surface area contributed by atoms with E-state index in [9.17, 15) is 9.59 Å². The lowest BCUT2D eigenvalue weighted by Gasteiger charge is -2.36. The van der Waals surface area contributed by atoms with Crippen molar-refractivity contribution in [3.8, 4) is 0 Å². The molecule has 1 amide bonds. The summed E-state index contributed by atoms with van der Waals surface area (Å²) in [6.07, 6.45) is -0.255. The Morgan fingerprint density at radius 1 is 1.08 bits per heavy atom. The van der Waals surface area contributed by atoms with Gasteiger partial charge in [0.05, 0.1) is 6.04 Å². The van der Waals surface area contributed by atoms with Gasteiger partial charge in [-0.05, 0) is 59.0 Å². The predicted molar refractivity (Wildman–Crippen MR) is 99.3 cm³/mol. The van der Waals surface area contributed by atoms with Crippen LogP contribution in [0.25, 0.3) is 0 Å². The number of hydrogen-bond donors (Lipinski definition) is 1. The quantitative estimate of drug-likeness (QED) is 0.848. The highest BCUT2D eigenvalue weighted by molar-refractivity contribution is 6.00. The second-order valence-corrected chi connectivity index (χ2v) is 7.38. The molecule has 0 aromatic heterocycles. The lowest BCUT2D eigenvalue weighted by Crippen LogP contribution is -2.50. The number of hydrogen-bond acceptors (Lipinski definition) is 5. The van der Waals surface area contributed by atoms with E-state index in [-0.39, 0.29) is 17.9 Å². The highest BCUT2D eigenvalue weighted by Gasteiger charge is 2.26. The van der Waals surface area contributed by atoms with Gasteiger partial charge in [-0.3, -0.25) is 4.79 Å². The lowest BCUT2D eigenvalue weighted by molar-refractivity contribution is 0.0240. The van der Waals surface area contributed by atoms with Crippen LogP contribution in [0.2, 0.25) is 0 Å². The molecule has 1 saturated heterocycles. The van der Waals surface area contributed by atoms with Crippen molar-refractivity contribution in [1.82, 2.24) is 10.2 Å². The van der Waals surface area contributed by atoms with Gasteiger partial charge in [-0.15, -0.1) is 0 Å². The monoisotopic (exact) mass is 347 g/mol. The normalized spacial score (nSPS) is 16.5. The van der Waals surface area contributed by atoms with Crippen LogP contribution in [0.1, 0.15) is 38.1 Å². The number of ether oxygens (including phenoxy) is 1. The number of piperazine rings is 1. The number of anilines is 1. The predicted octanol–water partition coefficient (Wildman–Crippen LogP) is 2.53. The average molecular weight is 347 g/mol. The molecule has 0 spiro atoms. The van der Waals surface area contributed by atoms with Crippen molar-refractivity contribution in [2.75, 3.05) is 38.1 Å². The number of Topliss-reactive ketones (excluding diaryl/α,β-unsaturated/α-hetero) is 1. The Hall–Kier alpha value is -2.08. The van der Waals surface area contributed by atoms with Crippen LogP contribution in [0.5, 0.6) is 0 Å². The first-order valence-corrected chi connectivity index (χ1v) is 8.75. The largest absolute Gasteiger partial charge is 0.444 e. The van der Waals surface area contributed by atoms with E-state index in [1.54, 1.807) is 11.9 Å². The molecular weight excluding hydrogens is 318 g/mol. The summed E-state index contributed by atoms with van der Waals surface area (Å²) in [6.45, 7) is 10.2. The summed E-state index contributed by atoms with van der Waals surface area (Å²) in [6, 6.07) is 7.48. The first-order valence-electron chi connectivity index (χ1n) is 8.75. The summed E-state index contributed by atoms with van der Waals surface area (Å²) in [5.74, 6) is 0.0868. The van der Waals surface area contributed by atoms with Gasteiger partial charge in [0.15, 0.2) is 5.78 Å². The van der Waals surface area contributed by atoms with Crippen LogP contribution in [-0.4, -0.2) is 61.6 Å². The van der Waals surface area contributed by atoms with Gasteiger partial charge in [0.2, 0.25) is 0 Å². The summed E-state index contributed by atoms with van der Waals surface area (Å²) in [4.78, 5) is 28.2. The van der Waals surface area contributed by atoms with E-state index in [1.165, 1.54) is 0 Å². The number of ketones is 1. The standard InChI is InChI=1S/C19H29N3O3/c1-14(20-5)17(23)15-6-8-16(9-7-15)21-10-12-22(13-11-21)18(24)25-19(2,3)4/h6-9,14,20H,10-13H2,1-5H3. The van der Waals surface area contributed by atoms with Crippen molar-refractivity contribution < 1.29 is 14.3 Å². The molecule has 0 radical (unpaired) electrons. The van der Waals surface area contributed by atoms with Gasteiger partial charge in [-0.2, -0.15) is 0 Å². The number of benzene rings is 1. The smallest absolute Gasteiger partial charge is 0.410 e. The fraction of sp³-hybridized carbons (Fsp3) is 0.579. The maximum absolute atomic E-state index is 12.2. The number of amides is 1. The first kappa shape index (κ1) is 19.2. The van der Waals surface area contributed by atoms with E-state index < -0.39 is 5.60 Å². The Bertz CT molecular complexity index is 599. The topological polar surface area (TPSA) is 61.9 Å². The number of rotatable bonds is 4. The minimum absolute atomic E-state index is 0.0868. The summed E-state index contributed by atoms with van der Waals surface area (Å²) in [7, 11) is 1.78.